The van der Waals surface area contributed by atoms with Gasteiger partial charge in [-0.3, -0.25) is 20.2 Å². The van der Waals surface area contributed by atoms with Gasteiger partial charge in [0.2, 0.25) is 5.71 Å². The fraction of sp³-hybridized carbons (Fsp3) is 0.222. The Morgan fingerprint density at radius 1 is 0.816 bits per heavy atom. The van der Waals surface area contributed by atoms with Crippen LogP contribution in [0.15, 0.2) is 90.4 Å². The van der Waals surface area contributed by atoms with Crippen LogP contribution in [0.1, 0.15) is 41.7 Å². The fourth-order valence-corrected chi connectivity index (χ4v) is 8.16. The summed E-state index contributed by atoms with van der Waals surface area (Å²) in [6.07, 6.45) is 0.398. The van der Waals surface area contributed by atoms with Crippen molar-refractivity contribution in [2.75, 3.05) is 19.8 Å². The van der Waals surface area contributed by atoms with Crippen LogP contribution in [0.25, 0.3) is 11.1 Å². The first-order chi connectivity index (χ1) is 23.5. The van der Waals surface area contributed by atoms with Crippen LogP contribution in [-0.4, -0.2) is 51.4 Å². The molecule has 3 aliphatic rings. The first kappa shape index (κ1) is 32.3. The summed E-state index contributed by atoms with van der Waals surface area (Å²) in [4.78, 5) is 37.7. The topological polar surface area (TPSA) is 148 Å². The average molecular weight is 701 g/mol. The minimum atomic E-state index is -1.92. The molecule has 2 aliphatic carbocycles. The van der Waals surface area contributed by atoms with Gasteiger partial charge in [-0.25, -0.2) is 9.37 Å². The molecule has 11 nitrogen and oxygen atoms in total. The molecule has 49 heavy (non-hydrogen) atoms. The van der Waals surface area contributed by atoms with Crippen molar-refractivity contribution in [2.45, 2.75) is 31.2 Å². The molecule has 13 heteroatoms. The lowest BCUT2D eigenvalue weighted by atomic mass is 9.85. The van der Waals surface area contributed by atoms with E-state index >= 15 is 0 Å². The number of halogens is 2. The quantitative estimate of drug-likeness (QED) is 0.0704. The zero-order chi connectivity index (χ0) is 34.8. The third kappa shape index (κ3) is 4.49. The van der Waals surface area contributed by atoms with E-state index in [0.29, 0.717) is 44.3 Å². The predicted octanol–water partition coefficient (Wildman–Crippen LogP) is 6.11. The van der Waals surface area contributed by atoms with E-state index in [1.165, 1.54) is 12.1 Å². The highest BCUT2D eigenvalue weighted by Crippen LogP contribution is 2.75. The molecule has 1 heterocycles. The second-order valence-corrected chi connectivity index (χ2v) is 12.7. The minimum absolute atomic E-state index is 0.00138. The molecule has 1 spiro atoms. The van der Waals surface area contributed by atoms with Gasteiger partial charge in [-0.1, -0.05) is 60.5 Å². The fourth-order valence-electron chi connectivity index (χ4n) is 7.81. The Balaban J connectivity index is 1.70. The van der Waals surface area contributed by atoms with Crippen molar-refractivity contribution in [1.29, 1.82) is 0 Å². The molecule has 0 aromatic heterocycles. The number of rotatable bonds is 8. The van der Waals surface area contributed by atoms with Crippen LogP contribution in [-0.2, 0) is 26.1 Å². The van der Waals surface area contributed by atoms with E-state index in [0.717, 1.165) is 11.6 Å². The Kier molecular flexibility index (Phi) is 7.72. The maximum atomic E-state index is 14.9. The number of fused-ring (bicyclic) bond motifs is 6. The molecule has 0 amide bonds. The zero-order valence-corrected chi connectivity index (χ0v) is 27.7. The van der Waals surface area contributed by atoms with Gasteiger partial charge in [-0.15, -0.1) is 0 Å². The molecule has 7 rings (SSSR count). The van der Waals surface area contributed by atoms with Crippen molar-refractivity contribution in [2.24, 2.45) is 0 Å². The Morgan fingerprint density at radius 2 is 1.39 bits per heavy atom. The standard InChI is InChI=1S/C36H27Cl2N3O8/c1-3-48-33(42)32-35(29-17-22(37)9-11-27(29)28-12-10-23(38)18-30(28)35)36(32,34(43)49-4-2)39-14-13-20-7-5-6-8-26(20)31(39)21-15-24(40(44)45)19-25(16-21)41(46)47/h5-12,15-19H,3-4,13-14H2,1-2H3/b33-32-. The van der Waals surface area contributed by atoms with E-state index in [1.807, 2.05) is 24.3 Å². The Morgan fingerprint density at radius 3 is 1.94 bits per heavy atom. The van der Waals surface area contributed by atoms with Crippen LogP contribution in [0.5, 0.6) is 0 Å². The molecule has 1 fully saturated rings. The number of carbonyl (C=O) groups excluding carboxylic acids is 1. The lowest BCUT2D eigenvalue weighted by Gasteiger charge is -2.26. The number of esters is 1. The first-order valence-electron chi connectivity index (χ1n) is 15.5. The third-order valence-corrected chi connectivity index (χ3v) is 9.95. The maximum absolute atomic E-state index is 14.9. The number of benzene rings is 4. The van der Waals surface area contributed by atoms with Crippen LogP contribution >= 0.6 is 23.2 Å². The van der Waals surface area contributed by atoms with Gasteiger partial charge in [0.05, 0.1) is 39.6 Å². The average Bonchev–Trinajstić information content (AvgIpc) is 3.65. The number of hydrogen-bond donors (Lipinski definition) is 0. The summed E-state index contributed by atoms with van der Waals surface area (Å²) in [5, 5.41) is 39.2. The van der Waals surface area contributed by atoms with Crippen LogP contribution in [0.3, 0.4) is 0 Å². The van der Waals surface area contributed by atoms with Gasteiger partial charge in [0.15, 0.2) is 0 Å². The Labute approximate surface area is 289 Å². The van der Waals surface area contributed by atoms with Gasteiger partial charge in [-0.05, 0) is 71.7 Å². The molecule has 1 atom stereocenters. The zero-order valence-electron chi connectivity index (χ0n) is 26.2. The third-order valence-electron chi connectivity index (χ3n) is 9.48. The lowest BCUT2D eigenvalue weighted by Crippen LogP contribution is -2.50. The second-order valence-electron chi connectivity index (χ2n) is 11.8. The minimum Gasteiger partial charge on any atom is -0.613 e. The summed E-state index contributed by atoms with van der Waals surface area (Å²) >= 11 is 13.3. The molecule has 1 unspecified atom stereocenters. The van der Waals surface area contributed by atoms with Gasteiger partial charge in [0, 0.05) is 34.2 Å². The summed E-state index contributed by atoms with van der Waals surface area (Å²) < 4.78 is 13.2. The van der Waals surface area contributed by atoms with E-state index in [9.17, 15) is 30.1 Å². The van der Waals surface area contributed by atoms with E-state index in [4.69, 9.17) is 32.7 Å². The van der Waals surface area contributed by atoms with Crippen molar-refractivity contribution in [1.82, 2.24) is 0 Å². The summed E-state index contributed by atoms with van der Waals surface area (Å²) in [6, 6.07) is 21.1. The molecule has 0 radical (unpaired) electrons. The smallest absolute Gasteiger partial charge is 0.385 e. The van der Waals surface area contributed by atoms with Gasteiger partial charge >= 0.3 is 11.5 Å². The van der Waals surface area contributed by atoms with Gasteiger partial charge in [0.1, 0.15) is 12.0 Å². The maximum Gasteiger partial charge on any atom is 0.385 e. The highest BCUT2D eigenvalue weighted by molar-refractivity contribution is 6.31. The molecule has 4 aromatic carbocycles. The number of non-ortho nitro benzene ring substituents is 2. The SMILES string of the molecule is CCOC(=O)C1([N+]2=C(c3cc([N+](=O)[O-])cc([N+](=O)[O-])c3)c3ccccc3CC2)/C(=C(/[O-])OCC)C12c1cc(Cl)ccc1-c1ccc(Cl)cc12. The molecular weight excluding hydrogens is 673 g/mol. The summed E-state index contributed by atoms with van der Waals surface area (Å²) in [6.45, 7) is 3.38. The summed E-state index contributed by atoms with van der Waals surface area (Å²) in [5.41, 5.74) is -0.0842. The van der Waals surface area contributed by atoms with Crippen LogP contribution in [0.4, 0.5) is 11.4 Å². The number of ether oxygens (including phenoxy) is 2. The number of carbonyl (C=O) groups is 1. The molecule has 1 aliphatic heterocycles. The van der Waals surface area contributed by atoms with E-state index in [2.05, 4.69) is 0 Å². The molecule has 0 bridgehead atoms. The predicted molar refractivity (Wildman–Crippen MR) is 179 cm³/mol. The van der Waals surface area contributed by atoms with E-state index in [1.54, 1.807) is 54.8 Å². The van der Waals surface area contributed by atoms with Gasteiger partial charge in [0.25, 0.3) is 11.4 Å². The van der Waals surface area contributed by atoms with Gasteiger partial charge in [-0.2, -0.15) is 0 Å². The lowest BCUT2D eigenvalue weighted by molar-refractivity contribution is -0.569. The molecular formula is C36H27Cl2N3O8. The number of hydrogen-bond acceptors (Lipinski definition) is 8. The van der Waals surface area contributed by atoms with Gasteiger partial charge < -0.3 is 14.6 Å². The van der Waals surface area contributed by atoms with Crippen molar-refractivity contribution in [3.05, 3.63) is 148 Å². The Hall–Kier alpha value is -5.26. The molecule has 248 valence electrons. The normalized spacial score (nSPS) is 19.1. The molecule has 4 aromatic rings. The molecule has 0 saturated heterocycles. The Bertz CT molecular complexity index is 2110. The van der Waals surface area contributed by atoms with Crippen molar-refractivity contribution < 1.29 is 33.8 Å². The van der Waals surface area contributed by atoms with Crippen LogP contribution in [0, 0.1) is 20.2 Å². The number of nitro benzene ring substituents is 2. The molecule has 0 N–H and O–H groups in total. The van der Waals surface area contributed by atoms with E-state index in [-0.39, 0.29) is 36.6 Å². The first-order valence-corrected chi connectivity index (χ1v) is 16.3. The summed E-state index contributed by atoms with van der Waals surface area (Å²) in [5.74, 6) is -1.52. The number of nitrogens with zero attached hydrogens (tertiary/aromatic N) is 3. The highest BCUT2D eigenvalue weighted by atomic mass is 35.5. The van der Waals surface area contributed by atoms with Crippen molar-refractivity contribution in [3.63, 3.8) is 0 Å². The van der Waals surface area contributed by atoms with Crippen LogP contribution < -0.4 is 5.11 Å². The van der Waals surface area contributed by atoms with E-state index < -0.39 is 44.1 Å². The van der Waals surface area contributed by atoms with Crippen molar-refractivity contribution in [3.8, 4) is 11.1 Å². The second kappa shape index (κ2) is 11.7. The number of nitro groups is 2. The molecule has 1 saturated carbocycles. The largest absolute Gasteiger partial charge is 0.613 e. The monoisotopic (exact) mass is 699 g/mol. The van der Waals surface area contributed by atoms with Crippen LogP contribution in [0.2, 0.25) is 10.0 Å². The van der Waals surface area contributed by atoms with Crippen molar-refractivity contribution >= 4 is 46.3 Å². The summed E-state index contributed by atoms with van der Waals surface area (Å²) in [7, 11) is 0. The highest BCUT2D eigenvalue weighted by Gasteiger charge is 2.90.